The van der Waals surface area contributed by atoms with E-state index in [1.165, 1.54) is 0 Å². The maximum atomic E-state index is 12.2. The topological polar surface area (TPSA) is 46.2 Å². The Labute approximate surface area is 121 Å². The van der Waals surface area contributed by atoms with Crippen LogP contribution in [0.2, 0.25) is 0 Å². The predicted molar refractivity (Wildman–Crippen MR) is 81.2 cm³/mol. The van der Waals surface area contributed by atoms with Crippen LogP contribution in [0.25, 0.3) is 0 Å². The zero-order chi connectivity index (χ0) is 14.5. The van der Waals surface area contributed by atoms with Gasteiger partial charge in [-0.3, -0.25) is 0 Å². The first-order valence-corrected chi connectivity index (χ1v) is 8.57. The van der Waals surface area contributed by atoms with Gasteiger partial charge in [-0.1, -0.05) is 37.3 Å². The minimum Gasteiger partial charge on any atom is -0.212 e. The van der Waals surface area contributed by atoms with Crippen molar-refractivity contribution in [2.75, 3.05) is 11.6 Å². The monoisotopic (exact) mass is 303 g/mol. The molecule has 19 heavy (non-hydrogen) atoms. The van der Waals surface area contributed by atoms with Gasteiger partial charge in [-0.05, 0) is 31.7 Å². The largest absolute Gasteiger partial charge is 0.212 e. The summed E-state index contributed by atoms with van der Waals surface area (Å²) in [7, 11) is -3.32. The molecule has 0 saturated carbocycles. The third-order valence-corrected chi connectivity index (χ3v) is 4.98. The van der Waals surface area contributed by atoms with E-state index in [1.807, 2.05) is 51.1 Å². The first-order valence-electron chi connectivity index (χ1n) is 6.38. The van der Waals surface area contributed by atoms with Crippen molar-refractivity contribution in [3.8, 4) is 0 Å². The smallest absolute Gasteiger partial charge is 0.212 e. The van der Waals surface area contributed by atoms with Crippen LogP contribution in [-0.4, -0.2) is 25.6 Å². The van der Waals surface area contributed by atoms with Crippen LogP contribution >= 0.6 is 11.6 Å². The third kappa shape index (κ3) is 5.93. The molecule has 1 rings (SSSR count). The van der Waals surface area contributed by atoms with Gasteiger partial charge in [0.05, 0.1) is 5.75 Å². The molecule has 0 saturated heterocycles. The zero-order valence-corrected chi connectivity index (χ0v) is 13.3. The Morgan fingerprint density at radius 2 is 1.84 bits per heavy atom. The Morgan fingerprint density at radius 1 is 1.26 bits per heavy atom. The number of hydrogen-bond acceptors (Lipinski definition) is 2. The van der Waals surface area contributed by atoms with E-state index in [2.05, 4.69) is 4.72 Å². The van der Waals surface area contributed by atoms with Crippen LogP contribution in [0.15, 0.2) is 30.3 Å². The fraction of sp³-hybridized carbons (Fsp3) is 0.571. The molecule has 0 aliphatic heterocycles. The minimum absolute atomic E-state index is 0.0366. The van der Waals surface area contributed by atoms with Gasteiger partial charge in [-0.2, -0.15) is 0 Å². The van der Waals surface area contributed by atoms with Crippen molar-refractivity contribution < 1.29 is 8.42 Å². The van der Waals surface area contributed by atoms with E-state index in [0.717, 1.165) is 5.56 Å². The minimum atomic E-state index is -3.32. The van der Waals surface area contributed by atoms with Crippen LogP contribution < -0.4 is 4.72 Å². The Kier molecular flexibility index (Phi) is 5.83. The molecule has 0 heterocycles. The predicted octanol–water partition coefficient (Wildman–Crippen LogP) is 3.12. The van der Waals surface area contributed by atoms with Gasteiger partial charge in [0.15, 0.2) is 0 Å². The molecule has 0 bridgehead atoms. The second-order valence-electron chi connectivity index (χ2n) is 5.52. The molecular formula is C14H22ClNO2S. The van der Waals surface area contributed by atoms with Gasteiger partial charge in [-0.15, -0.1) is 11.6 Å². The van der Waals surface area contributed by atoms with E-state index in [-0.39, 0.29) is 11.7 Å². The molecule has 3 nitrogen and oxygen atoms in total. The number of hydrogen-bond donors (Lipinski definition) is 1. The number of nitrogens with one attached hydrogen (secondary N) is 1. The molecule has 0 radical (unpaired) electrons. The number of benzene rings is 1. The van der Waals surface area contributed by atoms with Crippen molar-refractivity contribution in [1.82, 2.24) is 4.72 Å². The van der Waals surface area contributed by atoms with Gasteiger partial charge in [0.25, 0.3) is 0 Å². The fourth-order valence-corrected chi connectivity index (χ4v) is 4.31. The Hall–Kier alpha value is -0.580. The highest BCUT2D eigenvalue weighted by atomic mass is 35.5. The maximum absolute atomic E-state index is 12.2. The summed E-state index contributed by atoms with van der Waals surface area (Å²) in [6, 6.07) is 9.66. The lowest BCUT2D eigenvalue weighted by atomic mass is 10.0. The molecule has 0 spiro atoms. The molecule has 1 aromatic rings. The average molecular weight is 304 g/mol. The number of rotatable bonds is 7. The van der Waals surface area contributed by atoms with Crippen LogP contribution in [0.5, 0.6) is 0 Å². The summed E-state index contributed by atoms with van der Waals surface area (Å²) in [5, 5.41) is 0. The Balaban J connectivity index is 2.70. The molecule has 0 fully saturated rings. The van der Waals surface area contributed by atoms with Crippen molar-refractivity contribution in [3.63, 3.8) is 0 Å². The second kappa shape index (κ2) is 6.73. The van der Waals surface area contributed by atoms with Gasteiger partial charge in [0.1, 0.15) is 0 Å². The number of halogens is 1. The molecule has 1 N–H and O–H groups in total. The van der Waals surface area contributed by atoms with Gasteiger partial charge in [0, 0.05) is 11.4 Å². The second-order valence-corrected chi connectivity index (χ2v) is 7.66. The van der Waals surface area contributed by atoms with E-state index in [9.17, 15) is 8.42 Å². The van der Waals surface area contributed by atoms with Crippen LogP contribution in [0.4, 0.5) is 0 Å². The van der Waals surface area contributed by atoms with E-state index in [1.54, 1.807) is 0 Å². The van der Waals surface area contributed by atoms with Crippen molar-refractivity contribution in [3.05, 3.63) is 35.9 Å². The molecule has 0 amide bonds. The molecule has 0 aliphatic rings. The third-order valence-electron chi connectivity index (χ3n) is 2.99. The van der Waals surface area contributed by atoms with Crippen molar-refractivity contribution >= 4 is 21.6 Å². The first kappa shape index (κ1) is 16.5. The van der Waals surface area contributed by atoms with Gasteiger partial charge >= 0.3 is 0 Å². The Morgan fingerprint density at radius 3 is 2.37 bits per heavy atom. The van der Waals surface area contributed by atoms with Gasteiger partial charge in [-0.25, -0.2) is 13.1 Å². The van der Waals surface area contributed by atoms with Crippen LogP contribution in [0.3, 0.4) is 0 Å². The molecular weight excluding hydrogens is 282 g/mol. The van der Waals surface area contributed by atoms with Crippen molar-refractivity contribution in [2.24, 2.45) is 0 Å². The highest BCUT2D eigenvalue weighted by Gasteiger charge is 2.26. The molecule has 108 valence electrons. The summed E-state index contributed by atoms with van der Waals surface area (Å²) in [4.78, 5) is 0. The average Bonchev–Trinajstić information content (AvgIpc) is 2.27. The maximum Gasteiger partial charge on any atom is 0.212 e. The molecule has 0 aromatic heterocycles. The van der Waals surface area contributed by atoms with Gasteiger partial charge in [0.2, 0.25) is 10.0 Å². The highest BCUT2D eigenvalue weighted by Crippen LogP contribution is 2.18. The molecule has 0 aliphatic carbocycles. The zero-order valence-electron chi connectivity index (χ0n) is 11.7. The summed E-state index contributed by atoms with van der Waals surface area (Å²) in [5.41, 5.74) is 0.528. The summed E-state index contributed by atoms with van der Waals surface area (Å²) in [6.45, 7) is 5.61. The Bertz CT molecular complexity index is 485. The molecule has 1 unspecified atom stereocenters. The molecule has 1 aromatic carbocycles. The number of sulfonamides is 1. The van der Waals surface area contributed by atoms with E-state index >= 15 is 0 Å². The summed E-state index contributed by atoms with van der Waals surface area (Å²) < 4.78 is 27.0. The SMILES string of the molecule is CC(CS(=O)(=O)NC(C)(C)CCCl)c1ccccc1. The summed E-state index contributed by atoms with van der Waals surface area (Å²) in [6.07, 6.45) is 0.605. The standard InChI is InChI=1S/C14H22ClNO2S/c1-12(13-7-5-4-6-8-13)11-19(17,18)16-14(2,3)9-10-15/h4-8,12,16H,9-11H2,1-3H3. The first-order chi connectivity index (χ1) is 8.76. The van der Waals surface area contributed by atoms with Crippen molar-refractivity contribution in [1.29, 1.82) is 0 Å². The fourth-order valence-electron chi connectivity index (χ4n) is 1.96. The van der Waals surface area contributed by atoms with E-state index in [0.29, 0.717) is 12.3 Å². The quantitative estimate of drug-likeness (QED) is 0.787. The van der Waals surface area contributed by atoms with E-state index < -0.39 is 15.6 Å². The van der Waals surface area contributed by atoms with Crippen LogP contribution in [-0.2, 0) is 10.0 Å². The summed E-state index contributed by atoms with van der Waals surface area (Å²) in [5.74, 6) is 0.484. The van der Waals surface area contributed by atoms with Gasteiger partial charge < -0.3 is 0 Å². The number of alkyl halides is 1. The normalized spacial score (nSPS) is 14.3. The van der Waals surface area contributed by atoms with Crippen LogP contribution in [0, 0.1) is 0 Å². The lowest BCUT2D eigenvalue weighted by Gasteiger charge is -2.26. The lowest BCUT2D eigenvalue weighted by molar-refractivity contribution is 0.440. The molecule has 5 heteroatoms. The summed E-state index contributed by atoms with van der Waals surface area (Å²) >= 11 is 5.68. The lowest BCUT2D eigenvalue weighted by Crippen LogP contribution is -2.45. The van der Waals surface area contributed by atoms with Crippen LogP contribution in [0.1, 0.15) is 38.7 Å². The van der Waals surface area contributed by atoms with E-state index in [4.69, 9.17) is 11.6 Å². The highest BCUT2D eigenvalue weighted by molar-refractivity contribution is 7.89. The molecule has 1 atom stereocenters. The van der Waals surface area contributed by atoms with Crippen molar-refractivity contribution in [2.45, 2.75) is 38.6 Å².